The van der Waals surface area contributed by atoms with E-state index in [2.05, 4.69) is 165 Å². The van der Waals surface area contributed by atoms with Gasteiger partial charge < -0.3 is 0 Å². The Kier molecular flexibility index (Phi) is 6.99. The van der Waals surface area contributed by atoms with Gasteiger partial charge in [-0.1, -0.05) is 123 Å². The molecule has 0 radical (unpaired) electrons. The Morgan fingerprint density at radius 2 is 1.08 bits per heavy atom. The van der Waals surface area contributed by atoms with Crippen molar-refractivity contribution < 1.29 is 0 Å². The minimum absolute atomic E-state index is 0.262. The van der Waals surface area contributed by atoms with Gasteiger partial charge in [-0.25, -0.2) is 19.9 Å². The molecule has 0 saturated heterocycles. The third-order valence-corrected chi connectivity index (χ3v) is 10.7. The minimum Gasteiger partial charge on any atom is -0.294 e. The van der Waals surface area contributed by atoms with Crippen molar-refractivity contribution in [2.24, 2.45) is 0 Å². The molecule has 10 rings (SSSR count). The van der Waals surface area contributed by atoms with Gasteiger partial charge in [0.1, 0.15) is 5.65 Å². The van der Waals surface area contributed by atoms with Gasteiger partial charge in [-0.2, -0.15) is 0 Å². The lowest BCUT2D eigenvalue weighted by atomic mass is 9.82. The van der Waals surface area contributed by atoms with Crippen molar-refractivity contribution in [2.45, 2.75) is 26.2 Å². The Labute approximate surface area is 308 Å². The second-order valence-corrected chi connectivity index (χ2v) is 14.5. The van der Waals surface area contributed by atoms with Gasteiger partial charge in [0, 0.05) is 44.8 Å². The quantitative estimate of drug-likeness (QED) is 0.181. The summed E-state index contributed by atoms with van der Waals surface area (Å²) in [5.41, 5.74) is 14.3. The molecule has 3 aromatic heterocycles. The number of nitrogens with zero attached hydrogens (tertiary/aromatic N) is 5. The number of pyridine rings is 1. The van der Waals surface area contributed by atoms with Gasteiger partial charge in [0.05, 0.1) is 5.52 Å². The summed E-state index contributed by atoms with van der Waals surface area (Å²) in [6.45, 7) is 6.74. The molecule has 9 aromatic rings. The molecule has 0 amide bonds. The third kappa shape index (κ3) is 5.07. The van der Waals surface area contributed by atoms with E-state index in [0.29, 0.717) is 17.5 Å². The Hall–Kier alpha value is -6.72. The van der Waals surface area contributed by atoms with Gasteiger partial charge in [0.2, 0.25) is 0 Å². The number of fused-ring (bicyclic) bond motifs is 6. The smallest absolute Gasteiger partial charge is 0.164 e. The largest absolute Gasteiger partial charge is 0.294 e. The second kappa shape index (κ2) is 11.9. The fourth-order valence-electron chi connectivity index (χ4n) is 8.08. The molecule has 1 aliphatic carbocycles. The summed E-state index contributed by atoms with van der Waals surface area (Å²) in [5.74, 6) is 1.96. The topological polar surface area (TPSA) is 56.5 Å². The highest BCUT2D eigenvalue weighted by atomic mass is 15.0. The molecule has 0 aliphatic heterocycles. The minimum atomic E-state index is -0.262. The SMILES string of the molecule is Cc1cccc(-c2nc(-c3cccc(-c4ccccc4)c3)nc(-c3ccc4c(c3)C(C)(C)c3cc(-n5c6ccccc6c6cccnc65)ccc3-4)n2)c1. The first-order chi connectivity index (χ1) is 25.9. The molecule has 6 aromatic carbocycles. The van der Waals surface area contributed by atoms with E-state index < -0.39 is 0 Å². The normalized spacial score (nSPS) is 13.0. The molecule has 53 heavy (non-hydrogen) atoms. The van der Waals surface area contributed by atoms with Crippen molar-refractivity contribution in [1.29, 1.82) is 0 Å². The van der Waals surface area contributed by atoms with Crippen LogP contribution in [0.2, 0.25) is 0 Å². The Bertz CT molecular complexity index is 2830. The average molecular weight is 682 g/mol. The van der Waals surface area contributed by atoms with Gasteiger partial charge in [-0.3, -0.25) is 4.57 Å². The first kappa shape index (κ1) is 31.1. The highest BCUT2D eigenvalue weighted by Gasteiger charge is 2.36. The zero-order valence-corrected chi connectivity index (χ0v) is 29.7. The van der Waals surface area contributed by atoms with E-state index in [-0.39, 0.29) is 5.41 Å². The van der Waals surface area contributed by atoms with Crippen LogP contribution in [-0.4, -0.2) is 24.5 Å². The number of para-hydroxylation sites is 1. The van der Waals surface area contributed by atoms with E-state index in [0.717, 1.165) is 55.6 Å². The molecule has 1 aliphatic rings. The van der Waals surface area contributed by atoms with E-state index in [1.807, 2.05) is 18.3 Å². The summed E-state index contributed by atoms with van der Waals surface area (Å²) in [6, 6.07) is 53.5. The maximum absolute atomic E-state index is 5.15. The molecule has 0 N–H and O–H groups in total. The maximum atomic E-state index is 5.15. The van der Waals surface area contributed by atoms with Gasteiger partial charge in [0.15, 0.2) is 17.5 Å². The van der Waals surface area contributed by atoms with E-state index in [4.69, 9.17) is 19.9 Å². The first-order valence-corrected chi connectivity index (χ1v) is 18.1. The van der Waals surface area contributed by atoms with E-state index in [1.54, 1.807) is 0 Å². The second-order valence-electron chi connectivity index (χ2n) is 14.5. The number of rotatable bonds is 5. The number of aryl methyl sites for hydroxylation is 1. The van der Waals surface area contributed by atoms with Crippen molar-refractivity contribution in [3.8, 4) is 62.1 Å². The van der Waals surface area contributed by atoms with E-state index in [9.17, 15) is 0 Å². The third-order valence-electron chi connectivity index (χ3n) is 10.7. The lowest BCUT2D eigenvalue weighted by molar-refractivity contribution is 0.660. The fourth-order valence-corrected chi connectivity index (χ4v) is 8.08. The Morgan fingerprint density at radius 1 is 0.472 bits per heavy atom. The zero-order valence-electron chi connectivity index (χ0n) is 29.7. The zero-order chi connectivity index (χ0) is 35.7. The summed E-state index contributed by atoms with van der Waals surface area (Å²) in [6.07, 6.45) is 1.88. The van der Waals surface area contributed by atoms with Crippen molar-refractivity contribution in [3.63, 3.8) is 0 Å². The van der Waals surface area contributed by atoms with Crippen LogP contribution in [0, 0.1) is 6.92 Å². The summed E-state index contributed by atoms with van der Waals surface area (Å²) < 4.78 is 2.29. The summed E-state index contributed by atoms with van der Waals surface area (Å²) in [4.78, 5) is 20.2. The molecule has 3 heterocycles. The van der Waals surface area contributed by atoms with Crippen LogP contribution in [0.25, 0.3) is 84.0 Å². The molecule has 5 nitrogen and oxygen atoms in total. The molecular weight excluding hydrogens is 647 g/mol. The molecule has 252 valence electrons. The number of aromatic nitrogens is 5. The van der Waals surface area contributed by atoms with Crippen LogP contribution in [-0.2, 0) is 5.41 Å². The first-order valence-electron chi connectivity index (χ1n) is 18.1. The average Bonchev–Trinajstić information content (AvgIpc) is 3.66. The fraction of sp³-hybridized carbons (Fsp3) is 0.0833. The highest BCUT2D eigenvalue weighted by Crippen LogP contribution is 2.50. The van der Waals surface area contributed by atoms with Gasteiger partial charge in [-0.15, -0.1) is 0 Å². The molecule has 5 heteroatoms. The standard InChI is InChI=1S/C48H35N5/c1-30-12-9-16-33(26-30)44-50-45(34-17-10-15-32(27-34)31-13-5-4-6-14-31)52-46(51-44)35-21-23-37-38-24-22-36(29-42(38)48(2,3)41(37)28-35)53-43-20-8-7-18-39(43)40-19-11-25-49-47(40)53/h4-29H,1-3H3. The van der Waals surface area contributed by atoms with Crippen LogP contribution in [0.1, 0.15) is 30.5 Å². The van der Waals surface area contributed by atoms with Crippen LogP contribution >= 0.6 is 0 Å². The van der Waals surface area contributed by atoms with Crippen molar-refractivity contribution in [2.75, 3.05) is 0 Å². The van der Waals surface area contributed by atoms with E-state index in [1.165, 1.54) is 27.6 Å². The van der Waals surface area contributed by atoms with Crippen molar-refractivity contribution in [1.82, 2.24) is 24.5 Å². The van der Waals surface area contributed by atoms with Crippen LogP contribution < -0.4 is 0 Å². The van der Waals surface area contributed by atoms with Gasteiger partial charge >= 0.3 is 0 Å². The predicted molar refractivity (Wildman–Crippen MR) is 216 cm³/mol. The summed E-state index contributed by atoms with van der Waals surface area (Å²) >= 11 is 0. The molecule has 0 unspecified atom stereocenters. The lowest BCUT2D eigenvalue weighted by Gasteiger charge is -2.23. The van der Waals surface area contributed by atoms with Crippen LogP contribution in [0.15, 0.2) is 158 Å². The molecular formula is C48H35N5. The molecule has 0 atom stereocenters. The van der Waals surface area contributed by atoms with Gasteiger partial charge in [0.25, 0.3) is 0 Å². The van der Waals surface area contributed by atoms with Crippen LogP contribution in [0.3, 0.4) is 0 Å². The Morgan fingerprint density at radius 3 is 1.85 bits per heavy atom. The monoisotopic (exact) mass is 681 g/mol. The van der Waals surface area contributed by atoms with E-state index >= 15 is 0 Å². The van der Waals surface area contributed by atoms with Crippen LogP contribution in [0.4, 0.5) is 0 Å². The molecule has 0 spiro atoms. The van der Waals surface area contributed by atoms with Crippen LogP contribution in [0.5, 0.6) is 0 Å². The van der Waals surface area contributed by atoms with Crippen molar-refractivity contribution in [3.05, 3.63) is 175 Å². The summed E-state index contributed by atoms with van der Waals surface area (Å²) in [5, 5.41) is 2.36. The van der Waals surface area contributed by atoms with Crippen molar-refractivity contribution >= 4 is 21.9 Å². The number of benzene rings is 6. The maximum Gasteiger partial charge on any atom is 0.164 e. The lowest BCUT2D eigenvalue weighted by Crippen LogP contribution is -2.15. The number of hydrogen-bond acceptors (Lipinski definition) is 4. The summed E-state index contributed by atoms with van der Waals surface area (Å²) in [7, 11) is 0. The Balaban J connectivity index is 1.10. The van der Waals surface area contributed by atoms with Gasteiger partial charge in [-0.05, 0) is 88.8 Å². The molecule has 0 saturated carbocycles. The molecule has 0 bridgehead atoms. The number of hydrogen-bond donors (Lipinski definition) is 0. The molecule has 0 fully saturated rings. The highest BCUT2D eigenvalue weighted by molar-refractivity contribution is 6.07. The predicted octanol–water partition coefficient (Wildman–Crippen LogP) is 11.6.